The largest absolute Gasteiger partial charge is 0.486 e. The van der Waals surface area contributed by atoms with Crippen molar-refractivity contribution in [3.05, 3.63) is 18.2 Å². The Bertz CT molecular complexity index is 475. The van der Waals surface area contributed by atoms with Gasteiger partial charge in [0.15, 0.2) is 11.5 Å². The molecule has 0 N–H and O–H groups in total. The van der Waals surface area contributed by atoms with E-state index in [4.69, 9.17) is 9.47 Å². The Hall–Kier alpha value is -1.91. The highest BCUT2D eigenvalue weighted by atomic mass is 16.6. The number of anilines is 1. The Kier molecular flexibility index (Phi) is 2.74. The summed E-state index contributed by atoms with van der Waals surface area (Å²) in [5.41, 5.74) is 1.01. The van der Waals surface area contributed by atoms with Gasteiger partial charge in [-0.05, 0) is 12.1 Å². The van der Waals surface area contributed by atoms with Crippen molar-refractivity contribution < 1.29 is 14.3 Å². The SMILES string of the molecule is CN1CCN(c2ccc3c(c2)OCCO3)CC1=O. The maximum atomic E-state index is 11.7. The molecule has 5 heteroatoms. The summed E-state index contributed by atoms with van der Waals surface area (Å²) < 4.78 is 11.0. The molecule has 1 fully saturated rings. The number of carbonyl (C=O) groups excluding carboxylic acids is 1. The highest BCUT2D eigenvalue weighted by Crippen LogP contribution is 2.34. The number of piperazine rings is 1. The third-order valence-corrected chi connectivity index (χ3v) is 3.35. The van der Waals surface area contributed by atoms with Crippen LogP contribution >= 0.6 is 0 Å². The normalized spacial score (nSPS) is 19.1. The number of fused-ring (bicyclic) bond motifs is 1. The molecule has 0 spiro atoms. The van der Waals surface area contributed by atoms with Crippen LogP contribution in [0.15, 0.2) is 18.2 Å². The summed E-state index contributed by atoms with van der Waals surface area (Å²) in [4.78, 5) is 15.5. The molecule has 0 unspecified atom stereocenters. The molecule has 2 heterocycles. The molecule has 18 heavy (non-hydrogen) atoms. The third kappa shape index (κ3) is 1.96. The molecule has 0 bridgehead atoms. The van der Waals surface area contributed by atoms with Crippen LogP contribution in [0.5, 0.6) is 11.5 Å². The molecule has 1 aromatic rings. The van der Waals surface area contributed by atoms with Gasteiger partial charge in [-0.3, -0.25) is 4.79 Å². The van der Waals surface area contributed by atoms with Crippen molar-refractivity contribution in [3.8, 4) is 11.5 Å². The number of nitrogens with zero attached hydrogens (tertiary/aromatic N) is 2. The first-order valence-corrected chi connectivity index (χ1v) is 6.12. The van der Waals surface area contributed by atoms with Crippen molar-refractivity contribution >= 4 is 11.6 Å². The summed E-state index contributed by atoms with van der Waals surface area (Å²) in [7, 11) is 1.84. The smallest absolute Gasteiger partial charge is 0.241 e. The van der Waals surface area contributed by atoms with Gasteiger partial charge < -0.3 is 19.3 Å². The van der Waals surface area contributed by atoms with Gasteiger partial charge in [-0.2, -0.15) is 0 Å². The molecule has 1 amide bonds. The van der Waals surface area contributed by atoms with Crippen molar-refractivity contribution in [2.24, 2.45) is 0 Å². The Morgan fingerprint density at radius 3 is 2.67 bits per heavy atom. The topological polar surface area (TPSA) is 42.0 Å². The zero-order valence-electron chi connectivity index (χ0n) is 10.4. The van der Waals surface area contributed by atoms with Gasteiger partial charge in [-0.1, -0.05) is 0 Å². The van der Waals surface area contributed by atoms with Crippen LogP contribution < -0.4 is 14.4 Å². The molecule has 96 valence electrons. The minimum absolute atomic E-state index is 0.149. The number of carbonyl (C=O) groups is 1. The highest BCUT2D eigenvalue weighted by molar-refractivity contribution is 5.82. The van der Waals surface area contributed by atoms with E-state index in [1.54, 1.807) is 4.90 Å². The lowest BCUT2D eigenvalue weighted by Crippen LogP contribution is -2.48. The minimum atomic E-state index is 0.149. The Balaban J connectivity index is 1.82. The molecular weight excluding hydrogens is 232 g/mol. The maximum absolute atomic E-state index is 11.7. The Morgan fingerprint density at radius 1 is 1.11 bits per heavy atom. The summed E-state index contributed by atoms with van der Waals surface area (Å²) in [6, 6.07) is 5.84. The number of hydrogen-bond donors (Lipinski definition) is 0. The quantitative estimate of drug-likeness (QED) is 0.735. The molecule has 2 aliphatic rings. The maximum Gasteiger partial charge on any atom is 0.241 e. The summed E-state index contributed by atoms with van der Waals surface area (Å²) in [6.45, 7) is 3.21. The molecule has 0 saturated carbocycles. The number of hydrogen-bond acceptors (Lipinski definition) is 4. The fourth-order valence-electron chi connectivity index (χ4n) is 2.21. The zero-order valence-corrected chi connectivity index (χ0v) is 10.4. The fraction of sp³-hybridized carbons (Fsp3) is 0.462. The molecule has 0 atom stereocenters. The van der Waals surface area contributed by atoms with E-state index in [9.17, 15) is 4.79 Å². The molecule has 0 aromatic heterocycles. The number of likely N-dealkylation sites (N-methyl/N-ethyl adjacent to an activating group) is 1. The first-order chi connectivity index (χ1) is 8.74. The molecule has 2 aliphatic heterocycles. The van der Waals surface area contributed by atoms with Crippen LogP contribution in [-0.4, -0.2) is 50.7 Å². The Labute approximate surface area is 106 Å². The average Bonchev–Trinajstić information content (AvgIpc) is 2.41. The van der Waals surface area contributed by atoms with Crippen molar-refractivity contribution in [2.75, 3.05) is 44.8 Å². The monoisotopic (exact) mass is 248 g/mol. The Morgan fingerprint density at radius 2 is 1.89 bits per heavy atom. The number of benzene rings is 1. The standard InChI is InChI=1S/C13H16N2O3/c1-14-4-5-15(9-13(14)16)10-2-3-11-12(8-10)18-7-6-17-11/h2-3,8H,4-7,9H2,1H3. The second-order valence-electron chi connectivity index (χ2n) is 4.56. The van der Waals surface area contributed by atoms with Gasteiger partial charge in [0.05, 0.1) is 6.54 Å². The second-order valence-corrected chi connectivity index (χ2v) is 4.56. The number of rotatable bonds is 1. The summed E-state index contributed by atoms with van der Waals surface area (Å²) in [5.74, 6) is 1.70. The lowest BCUT2D eigenvalue weighted by molar-refractivity contribution is -0.129. The molecule has 0 radical (unpaired) electrons. The van der Waals surface area contributed by atoms with E-state index >= 15 is 0 Å². The van der Waals surface area contributed by atoms with Crippen LogP contribution in [0.3, 0.4) is 0 Å². The van der Waals surface area contributed by atoms with Gasteiger partial charge >= 0.3 is 0 Å². The number of ether oxygens (including phenoxy) is 2. The van der Waals surface area contributed by atoms with E-state index < -0.39 is 0 Å². The van der Waals surface area contributed by atoms with E-state index in [0.717, 1.165) is 30.3 Å². The predicted molar refractivity (Wildman–Crippen MR) is 67.3 cm³/mol. The molecule has 5 nitrogen and oxygen atoms in total. The van der Waals surface area contributed by atoms with Crippen LogP contribution in [0.4, 0.5) is 5.69 Å². The van der Waals surface area contributed by atoms with Gasteiger partial charge in [-0.25, -0.2) is 0 Å². The molecular formula is C13H16N2O3. The van der Waals surface area contributed by atoms with Crippen molar-refractivity contribution in [1.82, 2.24) is 4.90 Å². The first-order valence-electron chi connectivity index (χ1n) is 6.12. The van der Waals surface area contributed by atoms with Gasteiger partial charge in [0.25, 0.3) is 0 Å². The lowest BCUT2D eigenvalue weighted by atomic mass is 10.2. The van der Waals surface area contributed by atoms with Gasteiger partial charge in [0, 0.05) is 31.9 Å². The number of amides is 1. The molecule has 1 aromatic carbocycles. The van der Waals surface area contributed by atoms with E-state index in [2.05, 4.69) is 4.90 Å². The van der Waals surface area contributed by atoms with E-state index in [1.807, 2.05) is 25.2 Å². The first kappa shape index (κ1) is 11.2. The lowest BCUT2D eigenvalue weighted by Gasteiger charge is -2.34. The predicted octanol–water partition coefficient (Wildman–Crippen LogP) is 0.736. The van der Waals surface area contributed by atoms with E-state index in [0.29, 0.717) is 19.8 Å². The molecule has 1 saturated heterocycles. The van der Waals surface area contributed by atoms with Gasteiger partial charge in [0.2, 0.25) is 5.91 Å². The second kappa shape index (κ2) is 4.40. The van der Waals surface area contributed by atoms with Crippen LogP contribution in [0.25, 0.3) is 0 Å². The van der Waals surface area contributed by atoms with Crippen molar-refractivity contribution in [1.29, 1.82) is 0 Å². The van der Waals surface area contributed by atoms with Crippen LogP contribution in [0, 0.1) is 0 Å². The molecule has 3 rings (SSSR count). The zero-order chi connectivity index (χ0) is 12.5. The van der Waals surface area contributed by atoms with Gasteiger partial charge in [0.1, 0.15) is 13.2 Å². The van der Waals surface area contributed by atoms with E-state index in [1.165, 1.54) is 0 Å². The summed E-state index contributed by atoms with van der Waals surface area (Å²) >= 11 is 0. The van der Waals surface area contributed by atoms with Crippen LogP contribution in [0.2, 0.25) is 0 Å². The van der Waals surface area contributed by atoms with Gasteiger partial charge in [-0.15, -0.1) is 0 Å². The highest BCUT2D eigenvalue weighted by Gasteiger charge is 2.22. The summed E-state index contributed by atoms with van der Waals surface area (Å²) in [5, 5.41) is 0. The van der Waals surface area contributed by atoms with Crippen LogP contribution in [-0.2, 0) is 4.79 Å². The average molecular weight is 248 g/mol. The molecule has 0 aliphatic carbocycles. The van der Waals surface area contributed by atoms with Crippen molar-refractivity contribution in [2.45, 2.75) is 0 Å². The van der Waals surface area contributed by atoms with Crippen LogP contribution in [0.1, 0.15) is 0 Å². The fourth-order valence-corrected chi connectivity index (χ4v) is 2.21. The van der Waals surface area contributed by atoms with E-state index in [-0.39, 0.29) is 5.91 Å². The third-order valence-electron chi connectivity index (χ3n) is 3.35. The summed E-state index contributed by atoms with van der Waals surface area (Å²) in [6.07, 6.45) is 0. The minimum Gasteiger partial charge on any atom is -0.486 e. The van der Waals surface area contributed by atoms with Crippen molar-refractivity contribution in [3.63, 3.8) is 0 Å².